The highest BCUT2D eigenvalue weighted by molar-refractivity contribution is 9.10. The van der Waals surface area contributed by atoms with Gasteiger partial charge in [0.1, 0.15) is 0 Å². The van der Waals surface area contributed by atoms with E-state index in [2.05, 4.69) is 15.9 Å². The zero-order chi connectivity index (χ0) is 11.4. The zero-order valence-corrected chi connectivity index (χ0v) is 11.6. The van der Waals surface area contributed by atoms with Gasteiger partial charge in [-0.15, -0.1) is 23.1 Å². The normalized spacial score (nSPS) is 10.3. The molecule has 0 amide bonds. The van der Waals surface area contributed by atoms with Crippen molar-refractivity contribution >= 4 is 44.8 Å². The molecule has 0 atom stereocenters. The van der Waals surface area contributed by atoms with Gasteiger partial charge in [0, 0.05) is 9.37 Å². The minimum Gasteiger partial charge on any atom is -0.292 e. The third-order valence-corrected chi connectivity index (χ3v) is 4.87. The number of benzene rings is 1. The Hall–Kier alpha value is -0.580. The molecule has 16 heavy (non-hydrogen) atoms. The molecule has 82 valence electrons. The number of thiophene rings is 1. The standard InChI is InChI=1S/C12H9BrOS2/c13-10-6-7-15-12(10)11(14)8-16-9-4-2-1-3-5-9/h1-7H,8H2. The second-order valence-corrected chi connectivity index (χ2v) is 5.94. The molecular formula is C12H9BrOS2. The summed E-state index contributed by atoms with van der Waals surface area (Å²) in [6.45, 7) is 0. The average Bonchev–Trinajstić information content (AvgIpc) is 2.74. The molecule has 0 aliphatic heterocycles. The Bertz CT molecular complexity index is 479. The number of hydrogen-bond acceptors (Lipinski definition) is 3. The SMILES string of the molecule is O=C(CSc1ccccc1)c1sccc1Br. The second kappa shape index (κ2) is 5.66. The summed E-state index contributed by atoms with van der Waals surface area (Å²) in [6.07, 6.45) is 0. The highest BCUT2D eigenvalue weighted by Gasteiger charge is 2.11. The van der Waals surface area contributed by atoms with Crippen molar-refractivity contribution in [2.45, 2.75) is 4.90 Å². The predicted molar refractivity (Wildman–Crippen MR) is 73.5 cm³/mol. The van der Waals surface area contributed by atoms with Crippen LogP contribution < -0.4 is 0 Å². The fourth-order valence-electron chi connectivity index (χ4n) is 1.22. The molecule has 1 heterocycles. The lowest BCUT2D eigenvalue weighted by atomic mass is 10.3. The summed E-state index contributed by atoms with van der Waals surface area (Å²) in [5.74, 6) is 0.666. The van der Waals surface area contributed by atoms with Crippen LogP contribution >= 0.6 is 39.0 Å². The summed E-state index contributed by atoms with van der Waals surface area (Å²) in [5, 5.41) is 1.92. The molecule has 4 heteroatoms. The molecule has 0 radical (unpaired) electrons. The van der Waals surface area contributed by atoms with E-state index in [1.165, 1.54) is 11.3 Å². The molecule has 0 unspecified atom stereocenters. The lowest BCUT2D eigenvalue weighted by Gasteiger charge is -1.99. The first-order valence-corrected chi connectivity index (χ1v) is 7.37. The first-order valence-electron chi connectivity index (χ1n) is 4.71. The Morgan fingerprint density at radius 1 is 1.25 bits per heavy atom. The van der Waals surface area contributed by atoms with Crippen LogP contribution in [0.1, 0.15) is 9.67 Å². The minimum atomic E-state index is 0.177. The number of Topliss-reactive ketones (excluding diaryl/α,β-unsaturated/α-hetero) is 1. The van der Waals surface area contributed by atoms with Crippen molar-refractivity contribution in [2.24, 2.45) is 0 Å². The van der Waals surface area contributed by atoms with E-state index >= 15 is 0 Å². The van der Waals surface area contributed by atoms with Crippen LogP contribution in [0.15, 0.2) is 51.1 Å². The van der Waals surface area contributed by atoms with Gasteiger partial charge < -0.3 is 0 Å². The van der Waals surface area contributed by atoms with Gasteiger partial charge in [-0.05, 0) is 39.5 Å². The van der Waals surface area contributed by atoms with Gasteiger partial charge in [-0.1, -0.05) is 18.2 Å². The van der Waals surface area contributed by atoms with Gasteiger partial charge in [0.25, 0.3) is 0 Å². The third-order valence-electron chi connectivity index (χ3n) is 1.98. The lowest BCUT2D eigenvalue weighted by molar-refractivity contribution is 0.102. The zero-order valence-electron chi connectivity index (χ0n) is 8.35. The van der Waals surface area contributed by atoms with Crippen molar-refractivity contribution in [3.05, 3.63) is 51.1 Å². The molecule has 1 aromatic carbocycles. The first-order chi connectivity index (χ1) is 7.77. The maximum absolute atomic E-state index is 11.9. The number of carbonyl (C=O) groups excluding carboxylic acids is 1. The summed E-state index contributed by atoms with van der Waals surface area (Å²) in [6, 6.07) is 11.9. The second-order valence-electron chi connectivity index (χ2n) is 3.12. The molecule has 2 rings (SSSR count). The number of thioether (sulfide) groups is 1. The van der Waals surface area contributed by atoms with Gasteiger partial charge >= 0.3 is 0 Å². The van der Waals surface area contributed by atoms with Gasteiger partial charge in [0.2, 0.25) is 0 Å². The number of hydrogen-bond donors (Lipinski definition) is 0. The van der Waals surface area contributed by atoms with E-state index < -0.39 is 0 Å². The molecule has 0 aliphatic carbocycles. The highest BCUT2D eigenvalue weighted by Crippen LogP contribution is 2.26. The molecule has 0 bridgehead atoms. The molecule has 0 saturated carbocycles. The number of carbonyl (C=O) groups is 1. The molecule has 0 N–H and O–H groups in total. The summed E-state index contributed by atoms with van der Waals surface area (Å²) in [5.41, 5.74) is 0. The Labute approximate surface area is 111 Å². The van der Waals surface area contributed by atoms with Gasteiger partial charge in [0.15, 0.2) is 5.78 Å². The van der Waals surface area contributed by atoms with E-state index in [1.54, 1.807) is 11.8 Å². The van der Waals surface area contributed by atoms with E-state index in [4.69, 9.17) is 0 Å². The smallest absolute Gasteiger partial charge is 0.184 e. The van der Waals surface area contributed by atoms with Crippen LogP contribution in [0.2, 0.25) is 0 Å². The maximum atomic E-state index is 11.9. The summed E-state index contributed by atoms with van der Waals surface area (Å²) < 4.78 is 0.899. The molecule has 1 aromatic heterocycles. The molecule has 0 saturated heterocycles. The summed E-state index contributed by atoms with van der Waals surface area (Å²) >= 11 is 6.43. The Morgan fingerprint density at radius 2 is 2.00 bits per heavy atom. The average molecular weight is 313 g/mol. The molecule has 2 aromatic rings. The Kier molecular flexibility index (Phi) is 4.21. The molecule has 1 nitrogen and oxygen atoms in total. The largest absolute Gasteiger partial charge is 0.292 e. The minimum absolute atomic E-state index is 0.177. The topological polar surface area (TPSA) is 17.1 Å². The lowest BCUT2D eigenvalue weighted by Crippen LogP contribution is -1.99. The number of rotatable bonds is 4. The first kappa shape index (κ1) is 11.9. The van der Waals surface area contributed by atoms with Gasteiger partial charge in [-0.3, -0.25) is 4.79 Å². The van der Waals surface area contributed by atoms with E-state index in [1.807, 2.05) is 41.8 Å². The van der Waals surface area contributed by atoms with Crippen LogP contribution in [0.3, 0.4) is 0 Å². The van der Waals surface area contributed by atoms with Crippen LogP contribution in [-0.2, 0) is 0 Å². The van der Waals surface area contributed by atoms with E-state index in [9.17, 15) is 4.79 Å². The van der Waals surface area contributed by atoms with Gasteiger partial charge in [0.05, 0.1) is 10.6 Å². The van der Waals surface area contributed by atoms with E-state index in [0.29, 0.717) is 5.75 Å². The third kappa shape index (κ3) is 2.97. The van der Waals surface area contributed by atoms with Crippen molar-refractivity contribution in [3.63, 3.8) is 0 Å². The maximum Gasteiger partial charge on any atom is 0.184 e. The van der Waals surface area contributed by atoms with E-state index in [0.717, 1.165) is 14.2 Å². The number of halogens is 1. The Morgan fingerprint density at radius 3 is 2.62 bits per heavy atom. The molecule has 0 spiro atoms. The van der Waals surface area contributed by atoms with Crippen LogP contribution in [0.5, 0.6) is 0 Å². The van der Waals surface area contributed by atoms with E-state index in [-0.39, 0.29) is 5.78 Å². The van der Waals surface area contributed by atoms with Crippen molar-refractivity contribution in [1.82, 2.24) is 0 Å². The molecule has 0 aliphatic rings. The van der Waals surface area contributed by atoms with Crippen LogP contribution in [-0.4, -0.2) is 11.5 Å². The monoisotopic (exact) mass is 312 g/mol. The van der Waals surface area contributed by atoms with Crippen molar-refractivity contribution in [3.8, 4) is 0 Å². The van der Waals surface area contributed by atoms with Crippen molar-refractivity contribution < 1.29 is 4.79 Å². The van der Waals surface area contributed by atoms with Crippen molar-refractivity contribution in [1.29, 1.82) is 0 Å². The van der Waals surface area contributed by atoms with Crippen LogP contribution in [0, 0.1) is 0 Å². The quantitative estimate of drug-likeness (QED) is 0.611. The van der Waals surface area contributed by atoms with Crippen molar-refractivity contribution in [2.75, 3.05) is 5.75 Å². The predicted octanol–water partition coefficient (Wildman–Crippen LogP) is 4.49. The fraction of sp³-hybridized carbons (Fsp3) is 0.0833. The number of ketones is 1. The Balaban J connectivity index is 1.97. The summed E-state index contributed by atoms with van der Waals surface area (Å²) in [7, 11) is 0. The van der Waals surface area contributed by atoms with Gasteiger partial charge in [-0.25, -0.2) is 0 Å². The summed E-state index contributed by atoms with van der Waals surface area (Å²) in [4.78, 5) is 13.8. The molecule has 0 fully saturated rings. The van der Waals surface area contributed by atoms with Crippen LogP contribution in [0.25, 0.3) is 0 Å². The fourth-order valence-corrected chi connectivity index (χ4v) is 3.64. The highest BCUT2D eigenvalue weighted by atomic mass is 79.9. The van der Waals surface area contributed by atoms with Crippen LogP contribution in [0.4, 0.5) is 0 Å². The molecular weight excluding hydrogens is 304 g/mol. The van der Waals surface area contributed by atoms with Gasteiger partial charge in [-0.2, -0.15) is 0 Å².